The maximum atomic E-state index is 12.8. The van der Waals surface area contributed by atoms with Crippen LogP contribution < -0.4 is 10.2 Å². The van der Waals surface area contributed by atoms with Crippen molar-refractivity contribution in [2.24, 2.45) is 0 Å². The summed E-state index contributed by atoms with van der Waals surface area (Å²) in [5.41, 5.74) is 1.32. The molecule has 6 nitrogen and oxygen atoms in total. The molecule has 2 aromatic rings. The fourth-order valence-corrected chi connectivity index (χ4v) is 2.69. The molecule has 0 aromatic heterocycles. The van der Waals surface area contributed by atoms with Gasteiger partial charge in [-0.05, 0) is 48.9 Å². The lowest BCUT2D eigenvalue weighted by Crippen LogP contribution is -2.29. The lowest BCUT2D eigenvalue weighted by atomic mass is 10.2. The molecule has 0 radical (unpaired) electrons. The Balaban J connectivity index is 1.87. The van der Waals surface area contributed by atoms with E-state index in [1.165, 1.54) is 0 Å². The molecule has 2 rings (SSSR count). The SMILES string of the molecule is Cc1ccc(NC(=O)CONS(=O)(=O)c2ccc(F)cc2)cc1Cl. The summed E-state index contributed by atoms with van der Waals surface area (Å²) in [6.07, 6.45) is 0. The second kappa shape index (κ2) is 7.71. The molecule has 0 saturated carbocycles. The number of hydrogen-bond acceptors (Lipinski definition) is 4. The van der Waals surface area contributed by atoms with Crippen LogP contribution in [0.25, 0.3) is 0 Å². The van der Waals surface area contributed by atoms with Crippen LogP contribution in [-0.4, -0.2) is 20.9 Å². The number of anilines is 1. The van der Waals surface area contributed by atoms with E-state index in [4.69, 9.17) is 16.4 Å². The summed E-state index contributed by atoms with van der Waals surface area (Å²) in [6, 6.07) is 9.12. The third-order valence-corrected chi connectivity index (χ3v) is 4.59. The van der Waals surface area contributed by atoms with Crippen LogP contribution in [0, 0.1) is 12.7 Å². The van der Waals surface area contributed by atoms with E-state index < -0.39 is 28.4 Å². The van der Waals surface area contributed by atoms with Crippen molar-refractivity contribution in [2.75, 3.05) is 11.9 Å². The van der Waals surface area contributed by atoms with Crippen LogP contribution in [0.4, 0.5) is 10.1 Å². The summed E-state index contributed by atoms with van der Waals surface area (Å²) >= 11 is 5.94. The van der Waals surface area contributed by atoms with Gasteiger partial charge in [0.15, 0.2) is 0 Å². The average molecular weight is 373 g/mol. The van der Waals surface area contributed by atoms with Crippen molar-refractivity contribution in [1.29, 1.82) is 0 Å². The zero-order valence-corrected chi connectivity index (χ0v) is 14.1. The first kappa shape index (κ1) is 18.3. The fourth-order valence-electron chi connectivity index (χ4n) is 1.70. The first-order valence-corrected chi connectivity index (χ1v) is 8.59. The molecule has 2 aromatic carbocycles. The molecule has 0 bridgehead atoms. The smallest absolute Gasteiger partial charge is 0.262 e. The van der Waals surface area contributed by atoms with E-state index in [0.717, 1.165) is 29.8 Å². The van der Waals surface area contributed by atoms with Crippen LogP contribution in [0.1, 0.15) is 5.56 Å². The second-order valence-electron chi connectivity index (χ2n) is 4.84. The fraction of sp³-hybridized carbons (Fsp3) is 0.133. The van der Waals surface area contributed by atoms with Gasteiger partial charge < -0.3 is 5.32 Å². The Bertz CT molecular complexity index is 841. The van der Waals surface area contributed by atoms with Crippen LogP contribution >= 0.6 is 11.6 Å². The van der Waals surface area contributed by atoms with E-state index in [2.05, 4.69) is 5.32 Å². The van der Waals surface area contributed by atoms with Gasteiger partial charge in [0.2, 0.25) is 0 Å². The number of rotatable bonds is 6. The highest BCUT2D eigenvalue weighted by atomic mass is 35.5. The minimum atomic E-state index is -4.00. The molecular weight excluding hydrogens is 359 g/mol. The van der Waals surface area contributed by atoms with Crippen molar-refractivity contribution in [2.45, 2.75) is 11.8 Å². The third kappa shape index (κ3) is 5.00. The summed E-state index contributed by atoms with van der Waals surface area (Å²) in [6.45, 7) is 1.27. The highest BCUT2D eigenvalue weighted by Crippen LogP contribution is 2.19. The maximum Gasteiger partial charge on any atom is 0.262 e. The molecule has 1 amide bonds. The van der Waals surface area contributed by atoms with Gasteiger partial charge in [-0.1, -0.05) is 22.6 Å². The number of halogens is 2. The van der Waals surface area contributed by atoms with Gasteiger partial charge in [-0.3, -0.25) is 9.63 Å². The van der Waals surface area contributed by atoms with Crippen molar-refractivity contribution < 1.29 is 22.4 Å². The lowest BCUT2D eigenvalue weighted by Gasteiger charge is -2.09. The Hall–Kier alpha value is -2.00. The predicted molar refractivity (Wildman–Crippen MR) is 87.5 cm³/mol. The van der Waals surface area contributed by atoms with Gasteiger partial charge >= 0.3 is 0 Å². The van der Waals surface area contributed by atoms with Gasteiger partial charge in [-0.2, -0.15) is 0 Å². The van der Waals surface area contributed by atoms with Gasteiger partial charge in [0.05, 0.1) is 4.90 Å². The Kier molecular flexibility index (Phi) is 5.89. The van der Waals surface area contributed by atoms with Crippen LogP contribution in [0.5, 0.6) is 0 Å². The van der Waals surface area contributed by atoms with E-state index in [9.17, 15) is 17.6 Å². The average Bonchev–Trinajstić information content (AvgIpc) is 2.51. The minimum absolute atomic E-state index is 0.186. The third-order valence-electron chi connectivity index (χ3n) is 2.95. The molecule has 9 heteroatoms. The first-order valence-electron chi connectivity index (χ1n) is 6.73. The molecule has 0 unspecified atom stereocenters. The maximum absolute atomic E-state index is 12.8. The Morgan fingerprint density at radius 3 is 2.50 bits per heavy atom. The van der Waals surface area contributed by atoms with Crippen LogP contribution in [0.3, 0.4) is 0 Å². The van der Waals surface area contributed by atoms with Gasteiger partial charge in [0.25, 0.3) is 15.9 Å². The molecule has 24 heavy (non-hydrogen) atoms. The zero-order valence-electron chi connectivity index (χ0n) is 12.5. The summed E-state index contributed by atoms with van der Waals surface area (Å²) in [5, 5.41) is 3.00. The molecule has 128 valence electrons. The van der Waals surface area contributed by atoms with Crippen molar-refractivity contribution in [3.8, 4) is 0 Å². The topological polar surface area (TPSA) is 84.5 Å². The van der Waals surface area contributed by atoms with E-state index in [1.807, 2.05) is 6.92 Å². The lowest BCUT2D eigenvalue weighted by molar-refractivity contribution is -0.121. The molecule has 0 spiro atoms. The predicted octanol–water partition coefficient (Wildman–Crippen LogP) is 2.64. The summed E-state index contributed by atoms with van der Waals surface area (Å²) < 4.78 is 36.5. The van der Waals surface area contributed by atoms with Crippen molar-refractivity contribution >= 4 is 33.2 Å². The van der Waals surface area contributed by atoms with E-state index in [-0.39, 0.29) is 4.90 Å². The largest absolute Gasteiger partial charge is 0.324 e. The zero-order chi connectivity index (χ0) is 17.7. The van der Waals surface area contributed by atoms with Crippen molar-refractivity contribution in [3.63, 3.8) is 0 Å². The highest BCUT2D eigenvalue weighted by Gasteiger charge is 2.15. The summed E-state index contributed by atoms with van der Waals surface area (Å²) in [7, 11) is -4.00. The number of nitrogens with one attached hydrogen (secondary N) is 2. The van der Waals surface area contributed by atoms with Crippen LogP contribution in [0.15, 0.2) is 47.4 Å². The molecule has 0 atom stereocenters. The number of sulfonamides is 1. The Morgan fingerprint density at radius 2 is 1.88 bits per heavy atom. The molecule has 0 fully saturated rings. The number of hydrogen-bond donors (Lipinski definition) is 2. The number of carbonyl (C=O) groups excluding carboxylic acids is 1. The molecular formula is C15H14ClFN2O4S. The minimum Gasteiger partial charge on any atom is -0.324 e. The molecule has 0 saturated heterocycles. The van der Waals surface area contributed by atoms with Crippen LogP contribution in [0.2, 0.25) is 5.02 Å². The summed E-state index contributed by atoms with van der Waals surface area (Å²) in [5.74, 6) is -1.14. The molecule has 0 aliphatic carbocycles. The van der Waals surface area contributed by atoms with Gasteiger partial charge in [-0.15, -0.1) is 0 Å². The van der Waals surface area contributed by atoms with Gasteiger partial charge in [0.1, 0.15) is 12.4 Å². The monoisotopic (exact) mass is 372 g/mol. The summed E-state index contributed by atoms with van der Waals surface area (Å²) in [4.78, 5) is 18.0. The number of carbonyl (C=O) groups is 1. The highest BCUT2D eigenvalue weighted by molar-refractivity contribution is 7.89. The Morgan fingerprint density at radius 1 is 1.21 bits per heavy atom. The molecule has 0 aliphatic rings. The first-order chi connectivity index (χ1) is 11.3. The molecule has 2 N–H and O–H groups in total. The van der Waals surface area contributed by atoms with E-state index >= 15 is 0 Å². The standard InChI is InChI=1S/C15H14ClFN2O4S/c1-10-2-5-12(8-14(10)16)18-15(20)9-23-19-24(21,22)13-6-3-11(17)4-7-13/h2-8,19H,9H2,1H3,(H,18,20). The van der Waals surface area contributed by atoms with E-state index in [1.54, 1.807) is 23.1 Å². The van der Waals surface area contributed by atoms with Gasteiger partial charge in [0, 0.05) is 10.7 Å². The second-order valence-corrected chi connectivity index (χ2v) is 6.89. The normalized spacial score (nSPS) is 11.3. The van der Waals surface area contributed by atoms with Crippen LogP contribution in [-0.2, 0) is 19.7 Å². The number of aryl methyl sites for hydroxylation is 1. The Labute approximate surface area is 143 Å². The molecule has 0 aliphatic heterocycles. The van der Waals surface area contributed by atoms with Crippen molar-refractivity contribution in [1.82, 2.24) is 4.89 Å². The number of amides is 1. The van der Waals surface area contributed by atoms with Gasteiger partial charge in [-0.25, -0.2) is 12.8 Å². The quantitative estimate of drug-likeness (QED) is 0.763. The number of benzene rings is 2. The van der Waals surface area contributed by atoms with E-state index in [0.29, 0.717) is 10.7 Å². The molecule has 0 heterocycles. The van der Waals surface area contributed by atoms with Crippen molar-refractivity contribution in [3.05, 3.63) is 58.9 Å².